The van der Waals surface area contributed by atoms with E-state index in [1.54, 1.807) is 12.1 Å². The summed E-state index contributed by atoms with van der Waals surface area (Å²) in [6, 6.07) is 3.56. The number of esters is 1. The van der Waals surface area contributed by atoms with Crippen molar-refractivity contribution in [2.75, 3.05) is 7.11 Å². The molecule has 3 heteroatoms. The Bertz CT molecular complexity index is 293. The zero-order valence-electron chi connectivity index (χ0n) is 8.69. The maximum atomic E-state index is 11.1. The first-order valence-electron chi connectivity index (χ1n) is 4.85. The number of aryl methyl sites for hydroxylation is 1. The molecule has 1 aromatic heterocycles. The first-order chi connectivity index (χ1) is 6.77. The summed E-state index contributed by atoms with van der Waals surface area (Å²) in [5.41, 5.74) is 0.597. The third kappa shape index (κ3) is 2.83. The van der Waals surface area contributed by atoms with Gasteiger partial charge in [-0.25, -0.2) is 9.36 Å². The SMILES string of the molecule is CCCC[n+]1ccc(C(=O)OC)cc1. The Labute approximate surface area is 84.3 Å². The Kier molecular flexibility index (Phi) is 4.11. The largest absolute Gasteiger partial charge is 0.465 e. The number of methoxy groups -OCH3 is 1. The van der Waals surface area contributed by atoms with Crippen LogP contribution in [0.15, 0.2) is 24.5 Å². The van der Waals surface area contributed by atoms with Crippen molar-refractivity contribution < 1.29 is 14.1 Å². The van der Waals surface area contributed by atoms with E-state index in [9.17, 15) is 4.79 Å². The third-order valence-corrected chi connectivity index (χ3v) is 2.08. The van der Waals surface area contributed by atoms with E-state index in [-0.39, 0.29) is 5.97 Å². The van der Waals surface area contributed by atoms with Gasteiger partial charge in [-0.15, -0.1) is 0 Å². The summed E-state index contributed by atoms with van der Waals surface area (Å²) in [6.45, 7) is 3.15. The standard InChI is InChI=1S/C11H16NO2/c1-3-4-7-12-8-5-10(6-9-12)11(13)14-2/h5-6,8-9H,3-4,7H2,1-2H3/q+1. The average molecular weight is 194 g/mol. The van der Waals surface area contributed by atoms with Gasteiger partial charge < -0.3 is 4.74 Å². The van der Waals surface area contributed by atoms with Gasteiger partial charge in [-0.05, 0) is 0 Å². The lowest BCUT2D eigenvalue weighted by atomic mass is 10.2. The van der Waals surface area contributed by atoms with Crippen LogP contribution in [0.4, 0.5) is 0 Å². The van der Waals surface area contributed by atoms with Gasteiger partial charge in [0.15, 0.2) is 12.4 Å². The lowest BCUT2D eigenvalue weighted by molar-refractivity contribution is -0.697. The van der Waals surface area contributed by atoms with Gasteiger partial charge in [0.2, 0.25) is 0 Å². The van der Waals surface area contributed by atoms with Crippen LogP contribution in [0.25, 0.3) is 0 Å². The molecule has 0 aromatic carbocycles. The van der Waals surface area contributed by atoms with Gasteiger partial charge in [-0.2, -0.15) is 0 Å². The van der Waals surface area contributed by atoms with E-state index in [4.69, 9.17) is 0 Å². The Balaban J connectivity index is 2.63. The van der Waals surface area contributed by atoms with Crippen molar-refractivity contribution in [3.63, 3.8) is 0 Å². The Morgan fingerprint density at radius 2 is 2.07 bits per heavy atom. The summed E-state index contributed by atoms with van der Waals surface area (Å²) in [6.07, 6.45) is 6.14. The van der Waals surface area contributed by atoms with E-state index in [0.717, 1.165) is 13.0 Å². The molecule has 3 nitrogen and oxygen atoms in total. The fourth-order valence-electron chi connectivity index (χ4n) is 1.20. The van der Waals surface area contributed by atoms with Gasteiger partial charge in [0, 0.05) is 18.6 Å². The smallest absolute Gasteiger partial charge is 0.338 e. The number of carbonyl (C=O) groups is 1. The van der Waals surface area contributed by atoms with Crippen LogP contribution in [-0.4, -0.2) is 13.1 Å². The molecule has 1 heterocycles. The van der Waals surface area contributed by atoms with Gasteiger partial charge in [0.05, 0.1) is 12.7 Å². The van der Waals surface area contributed by atoms with Crippen molar-refractivity contribution in [1.29, 1.82) is 0 Å². The molecule has 0 saturated carbocycles. The lowest BCUT2D eigenvalue weighted by Gasteiger charge is -1.98. The van der Waals surface area contributed by atoms with Crippen molar-refractivity contribution in [2.24, 2.45) is 0 Å². The predicted molar refractivity (Wildman–Crippen MR) is 52.9 cm³/mol. The minimum absolute atomic E-state index is 0.285. The topological polar surface area (TPSA) is 30.2 Å². The number of pyridine rings is 1. The van der Waals surface area contributed by atoms with Crippen LogP contribution in [0.2, 0.25) is 0 Å². The molecular weight excluding hydrogens is 178 g/mol. The maximum absolute atomic E-state index is 11.1. The number of hydrogen-bond donors (Lipinski definition) is 0. The summed E-state index contributed by atoms with van der Waals surface area (Å²) in [4.78, 5) is 11.1. The first kappa shape index (κ1) is 10.7. The zero-order valence-corrected chi connectivity index (χ0v) is 8.69. The monoisotopic (exact) mass is 194 g/mol. The number of ether oxygens (including phenoxy) is 1. The fraction of sp³-hybridized carbons (Fsp3) is 0.455. The minimum atomic E-state index is -0.285. The Morgan fingerprint density at radius 3 is 2.57 bits per heavy atom. The highest BCUT2D eigenvalue weighted by atomic mass is 16.5. The van der Waals surface area contributed by atoms with Gasteiger partial charge in [-0.1, -0.05) is 13.3 Å². The zero-order chi connectivity index (χ0) is 10.4. The molecule has 1 rings (SSSR count). The van der Waals surface area contributed by atoms with Crippen LogP contribution >= 0.6 is 0 Å². The predicted octanol–water partition coefficient (Wildman–Crippen LogP) is 1.56. The molecular formula is C11H16NO2+. The molecule has 1 aromatic rings. The van der Waals surface area contributed by atoms with E-state index < -0.39 is 0 Å². The molecule has 0 N–H and O–H groups in total. The second kappa shape index (κ2) is 5.37. The highest BCUT2D eigenvalue weighted by Crippen LogP contribution is 1.97. The van der Waals surface area contributed by atoms with E-state index in [0.29, 0.717) is 5.56 Å². The number of unbranched alkanes of at least 4 members (excludes halogenated alkanes) is 1. The minimum Gasteiger partial charge on any atom is -0.465 e. The van der Waals surface area contributed by atoms with Gasteiger partial charge in [0.25, 0.3) is 0 Å². The van der Waals surface area contributed by atoms with Crippen LogP contribution in [0.1, 0.15) is 30.1 Å². The molecule has 0 aliphatic heterocycles. The molecule has 0 bridgehead atoms. The molecule has 0 atom stereocenters. The van der Waals surface area contributed by atoms with Gasteiger partial charge in [-0.3, -0.25) is 0 Å². The van der Waals surface area contributed by atoms with Crippen LogP contribution < -0.4 is 4.57 Å². The third-order valence-electron chi connectivity index (χ3n) is 2.08. The number of hydrogen-bond acceptors (Lipinski definition) is 2. The molecule has 0 amide bonds. The van der Waals surface area contributed by atoms with Crippen molar-refractivity contribution in [3.8, 4) is 0 Å². The summed E-state index contributed by atoms with van der Waals surface area (Å²) in [7, 11) is 1.39. The summed E-state index contributed by atoms with van der Waals surface area (Å²) >= 11 is 0. The van der Waals surface area contributed by atoms with Crippen LogP contribution in [0, 0.1) is 0 Å². The van der Waals surface area contributed by atoms with Crippen molar-refractivity contribution in [3.05, 3.63) is 30.1 Å². The van der Waals surface area contributed by atoms with E-state index in [2.05, 4.69) is 16.2 Å². The molecule has 0 aliphatic rings. The second-order valence-electron chi connectivity index (χ2n) is 3.17. The highest BCUT2D eigenvalue weighted by molar-refractivity contribution is 5.88. The summed E-state index contributed by atoms with van der Waals surface area (Å²) in [5.74, 6) is -0.285. The molecule has 0 fully saturated rings. The molecule has 0 saturated heterocycles. The van der Waals surface area contributed by atoms with E-state index >= 15 is 0 Å². The average Bonchev–Trinajstić information content (AvgIpc) is 2.26. The Hall–Kier alpha value is -1.38. The van der Waals surface area contributed by atoms with E-state index in [1.807, 2.05) is 12.4 Å². The number of nitrogens with zero attached hydrogens (tertiary/aromatic N) is 1. The van der Waals surface area contributed by atoms with Crippen molar-refractivity contribution in [1.82, 2.24) is 0 Å². The fourth-order valence-corrected chi connectivity index (χ4v) is 1.20. The molecule has 0 spiro atoms. The van der Waals surface area contributed by atoms with Crippen LogP contribution in [0.5, 0.6) is 0 Å². The number of carbonyl (C=O) groups excluding carboxylic acids is 1. The molecule has 76 valence electrons. The van der Waals surface area contributed by atoms with Crippen LogP contribution in [0.3, 0.4) is 0 Å². The Morgan fingerprint density at radius 1 is 1.43 bits per heavy atom. The lowest BCUT2D eigenvalue weighted by Crippen LogP contribution is -2.32. The highest BCUT2D eigenvalue weighted by Gasteiger charge is 2.06. The summed E-state index contributed by atoms with van der Waals surface area (Å²) < 4.78 is 6.67. The normalized spacial score (nSPS) is 9.86. The molecule has 0 aliphatic carbocycles. The van der Waals surface area contributed by atoms with Crippen LogP contribution in [-0.2, 0) is 11.3 Å². The first-order valence-corrected chi connectivity index (χ1v) is 4.85. The summed E-state index contributed by atoms with van der Waals surface area (Å²) in [5, 5.41) is 0. The molecule has 0 radical (unpaired) electrons. The van der Waals surface area contributed by atoms with Gasteiger partial charge >= 0.3 is 5.97 Å². The molecule has 0 unspecified atom stereocenters. The molecule has 14 heavy (non-hydrogen) atoms. The van der Waals surface area contributed by atoms with Crippen molar-refractivity contribution >= 4 is 5.97 Å². The van der Waals surface area contributed by atoms with Gasteiger partial charge in [0.1, 0.15) is 6.54 Å². The second-order valence-corrected chi connectivity index (χ2v) is 3.17. The van der Waals surface area contributed by atoms with E-state index in [1.165, 1.54) is 13.5 Å². The number of aromatic nitrogens is 1. The van der Waals surface area contributed by atoms with Crippen molar-refractivity contribution in [2.45, 2.75) is 26.3 Å². The maximum Gasteiger partial charge on any atom is 0.338 e. The quantitative estimate of drug-likeness (QED) is 0.538. The number of rotatable bonds is 4.